The molecule has 0 radical (unpaired) electrons. The lowest BCUT2D eigenvalue weighted by molar-refractivity contribution is -0.360. The Morgan fingerprint density at radius 3 is 1.11 bits per heavy atom. The summed E-state index contributed by atoms with van der Waals surface area (Å²) >= 11 is 0. The van der Waals surface area contributed by atoms with E-state index in [1.807, 2.05) is 6.08 Å². The minimum Gasteiger partial charge on any atom is -0.572 e. The normalized spacial score (nSPS) is 25.3. The van der Waals surface area contributed by atoms with Crippen molar-refractivity contribution in [3.63, 3.8) is 0 Å². The van der Waals surface area contributed by atoms with Crippen molar-refractivity contribution < 1.29 is 76.2 Å². The van der Waals surface area contributed by atoms with Gasteiger partial charge in [-0.1, -0.05) is 0 Å². The third-order valence-electron chi connectivity index (χ3n) is 5.75. The Morgan fingerprint density at radius 2 is 0.756 bits per heavy atom. The van der Waals surface area contributed by atoms with Gasteiger partial charge in [-0.2, -0.15) is 4.79 Å². The van der Waals surface area contributed by atoms with E-state index in [9.17, 15) is 9.90 Å². The zero-order chi connectivity index (χ0) is 31.9. The van der Waals surface area contributed by atoms with E-state index < -0.39 is 24.1 Å². The highest BCUT2D eigenvalue weighted by Gasteiger charge is 2.21. The highest BCUT2D eigenvalue weighted by atomic mass is 16.6. The first kappa shape index (κ1) is 39.4. The lowest BCUT2D eigenvalue weighted by Gasteiger charge is -2.21. The van der Waals surface area contributed by atoms with Crippen LogP contribution in [0.25, 0.3) is 0 Å². The topological polar surface area (TPSA) is 169 Å². The van der Waals surface area contributed by atoms with Crippen molar-refractivity contribution in [1.29, 1.82) is 0 Å². The van der Waals surface area contributed by atoms with Crippen LogP contribution in [0.4, 0.5) is 0 Å². The van der Waals surface area contributed by atoms with E-state index in [-0.39, 0.29) is 39.6 Å². The standard InChI is InChI=1S/C29H50O16/c30-28(44-24-26-22-40-15-13-36-7-5-32-1-3-34-9-11-38-17-19-42-26)21-29(31)45-25-27-23-41-16-14-37-8-6-33-2-4-35-10-12-39-18-20-43-27/h26-27H,1-20,22-25H2. The zero-order valence-corrected chi connectivity index (χ0v) is 26.2. The van der Waals surface area contributed by atoms with Crippen molar-refractivity contribution in [1.82, 2.24) is 0 Å². The van der Waals surface area contributed by atoms with Crippen LogP contribution in [0.3, 0.4) is 0 Å². The maximum Gasteiger partial charge on any atom is 0.591 e. The summed E-state index contributed by atoms with van der Waals surface area (Å²) in [5.41, 5.74) is 0. The minimum atomic E-state index is -1.00. The third-order valence-corrected chi connectivity index (χ3v) is 5.75. The second kappa shape index (κ2) is 29.6. The van der Waals surface area contributed by atoms with Gasteiger partial charge in [-0.3, -0.25) is 0 Å². The van der Waals surface area contributed by atoms with Gasteiger partial charge in [0, 0.05) is 6.61 Å². The zero-order valence-electron chi connectivity index (χ0n) is 26.2. The van der Waals surface area contributed by atoms with Gasteiger partial charge in [-0.25, -0.2) is 0 Å². The molecular formula is C29H50O16. The van der Waals surface area contributed by atoms with Gasteiger partial charge in [0.05, 0.1) is 151 Å². The molecule has 0 aliphatic carbocycles. The molecule has 0 spiro atoms. The maximum atomic E-state index is 12.2. The van der Waals surface area contributed by atoms with Crippen LogP contribution in [0.1, 0.15) is 0 Å². The molecule has 45 heavy (non-hydrogen) atoms. The van der Waals surface area contributed by atoms with E-state index >= 15 is 0 Å². The van der Waals surface area contributed by atoms with Gasteiger partial charge < -0.3 is 71.4 Å². The van der Waals surface area contributed by atoms with Gasteiger partial charge in [-0.15, -0.1) is 0 Å². The molecule has 16 nitrogen and oxygen atoms in total. The highest BCUT2D eigenvalue weighted by Crippen LogP contribution is 2.02. The largest absolute Gasteiger partial charge is 0.591 e. The molecule has 16 heteroatoms. The van der Waals surface area contributed by atoms with Crippen molar-refractivity contribution in [2.75, 3.05) is 159 Å². The lowest BCUT2D eigenvalue weighted by Crippen LogP contribution is -2.30. The third kappa shape index (κ3) is 25.1. The minimum absolute atomic E-state index is 0.134. The van der Waals surface area contributed by atoms with Crippen molar-refractivity contribution >= 4 is 5.97 Å². The fraction of sp³-hybridized carbons (Fsp3) is 0.897. The van der Waals surface area contributed by atoms with Crippen LogP contribution in [0.15, 0.2) is 5.95 Å². The van der Waals surface area contributed by atoms with Gasteiger partial charge in [0.2, 0.25) is 0 Å². The Morgan fingerprint density at radius 1 is 0.467 bits per heavy atom. The van der Waals surface area contributed by atoms with E-state index in [1.54, 1.807) is 0 Å². The number of esters is 1. The molecule has 2 rings (SSSR count). The predicted molar refractivity (Wildman–Crippen MR) is 151 cm³/mol. The summed E-state index contributed by atoms with van der Waals surface area (Å²) in [5, 5.41) is 12.2. The molecule has 2 atom stereocenters. The van der Waals surface area contributed by atoms with Crippen molar-refractivity contribution in [2.45, 2.75) is 12.2 Å². The quantitative estimate of drug-likeness (QED) is 0.140. The van der Waals surface area contributed by atoms with Crippen LogP contribution in [0, 0.1) is 6.08 Å². The summed E-state index contributed by atoms with van der Waals surface area (Å²) in [6.45, 7) is 7.74. The molecule has 0 bridgehead atoms. The molecule has 2 fully saturated rings. The van der Waals surface area contributed by atoms with Crippen molar-refractivity contribution in [2.24, 2.45) is 0 Å². The molecule has 0 aromatic heterocycles. The molecular weight excluding hydrogens is 604 g/mol. The smallest absolute Gasteiger partial charge is 0.572 e. The van der Waals surface area contributed by atoms with Crippen LogP contribution in [-0.4, -0.2) is 177 Å². The molecule has 2 aliphatic rings. The molecule has 262 valence electrons. The summed E-state index contributed by atoms with van der Waals surface area (Å²) in [6, 6.07) is 0. The Hall–Kier alpha value is -1.76. The van der Waals surface area contributed by atoms with E-state index in [0.29, 0.717) is 119 Å². The Labute approximate surface area is 265 Å². The predicted octanol–water partition coefficient (Wildman–Crippen LogP) is -1.49. The number of rotatable bonds is 6. The fourth-order valence-corrected chi connectivity index (χ4v) is 3.52. The molecule has 2 heterocycles. The summed E-state index contributed by atoms with van der Waals surface area (Å²) in [6.07, 6.45) is 0.818. The summed E-state index contributed by atoms with van der Waals surface area (Å²) < 4.78 is 76.4. The van der Waals surface area contributed by atoms with Crippen LogP contribution in [-0.2, 0) is 71.1 Å². The number of carbonyl (C=O) groups is 1. The van der Waals surface area contributed by atoms with Crippen LogP contribution < -0.4 is 5.11 Å². The average molecular weight is 655 g/mol. The van der Waals surface area contributed by atoms with Gasteiger partial charge in [0.25, 0.3) is 0 Å². The first-order chi connectivity index (χ1) is 22.2. The van der Waals surface area contributed by atoms with Crippen LogP contribution >= 0.6 is 0 Å². The van der Waals surface area contributed by atoms with Crippen LogP contribution in [0.2, 0.25) is 0 Å². The van der Waals surface area contributed by atoms with Crippen LogP contribution in [0.5, 0.6) is 0 Å². The molecule has 2 saturated heterocycles. The molecule has 0 aromatic carbocycles. The Kier molecular flexibility index (Phi) is 26.0. The molecule has 0 amide bonds. The summed E-state index contributed by atoms with van der Waals surface area (Å²) in [4.78, 5) is 12.2. The van der Waals surface area contributed by atoms with E-state index in [2.05, 4.69) is 0 Å². The molecule has 0 saturated carbocycles. The van der Waals surface area contributed by atoms with E-state index in [1.165, 1.54) is 0 Å². The summed E-state index contributed by atoms with van der Waals surface area (Å²) in [5.74, 6) is -2.00. The fourth-order valence-electron chi connectivity index (χ4n) is 3.52. The Bertz CT molecular complexity index is 676. The second-order valence-electron chi connectivity index (χ2n) is 9.36. The first-order valence-corrected chi connectivity index (χ1v) is 15.3. The molecule has 2 unspecified atom stereocenters. The number of hydrogen-bond acceptors (Lipinski definition) is 16. The molecule has 2 aliphatic heterocycles. The second-order valence-corrected chi connectivity index (χ2v) is 9.36. The first-order valence-electron chi connectivity index (χ1n) is 15.3. The molecule has 0 N–H and O–H groups in total. The van der Waals surface area contributed by atoms with E-state index in [4.69, 9.17) is 66.3 Å². The number of ether oxygens (including phenoxy) is 14. The monoisotopic (exact) mass is 654 g/mol. The number of carbonyl (C=O) groups excluding carboxylic acids is 1. The number of hydrogen-bond donors (Lipinski definition) is 0. The van der Waals surface area contributed by atoms with Gasteiger partial charge in [-0.05, 0) is 0 Å². The maximum absolute atomic E-state index is 12.2. The van der Waals surface area contributed by atoms with Crippen molar-refractivity contribution in [3.05, 3.63) is 12.0 Å². The van der Waals surface area contributed by atoms with Gasteiger partial charge in [0.15, 0.2) is 0 Å². The molecule has 0 aromatic rings. The van der Waals surface area contributed by atoms with Gasteiger partial charge >= 0.3 is 18.0 Å². The average Bonchev–Trinajstić information content (AvgIpc) is 3.03. The summed E-state index contributed by atoms with van der Waals surface area (Å²) in [7, 11) is 0. The van der Waals surface area contributed by atoms with E-state index in [0.717, 1.165) is 0 Å². The SMILES string of the molecule is O=C([C+]=C([O-])OCC1COCCOCCOCCOCCOCCO1)OCC1COCCOCCOCCOCCOCCO1. The van der Waals surface area contributed by atoms with Gasteiger partial charge in [0.1, 0.15) is 12.7 Å². The Balaban J connectivity index is 1.73. The lowest BCUT2D eigenvalue weighted by atomic mass is 10.4. The van der Waals surface area contributed by atoms with Crippen molar-refractivity contribution in [3.8, 4) is 0 Å². The highest BCUT2D eigenvalue weighted by molar-refractivity contribution is 5.77.